The molecule has 2 aliphatic rings. The first-order chi connectivity index (χ1) is 15.2. The lowest BCUT2D eigenvalue weighted by Gasteiger charge is -2.39. The van der Waals surface area contributed by atoms with Crippen molar-refractivity contribution in [2.24, 2.45) is 0 Å². The van der Waals surface area contributed by atoms with Gasteiger partial charge >= 0.3 is 0 Å². The van der Waals surface area contributed by atoms with Crippen molar-refractivity contribution in [1.82, 2.24) is 14.9 Å². The van der Waals surface area contributed by atoms with Crippen LogP contribution in [-0.2, 0) is 4.74 Å². The number of halogens is 2. The predicted octanol–water partition coefficient (Wildman–Crippen LogP) is 4.63. The molecule has 31 heavy (non-hydrogen) atoms. The standard InChI is InChI=1S/C24H26F2N4O/c25-18-11-17(12-19(26)14-18)16-1-6-23-22(13-16)24(28-15-27-23)29-20-2-4-21(5-3-20)30-7-9-31-10-8-30/h1,6,11-15,20-21H,2-5,7-10H2,(H,27,28,29)/t20-,21-. The molecule has 0 bridgehead atoms. The maximum absolute atomic E-state index is 13.7. The topological polar surface area (TPSA) is 50.3 Å². The molecule has 2 heterocycles. The van der Waals surface area contributed by atoms with E-state index in [2.05, 4.69) is 20.2 Å². The number of benzene rings is 2. The SMILES string of the molecule is Fc1cc(F)cc(-c2ccc3ncnc(N[C@H]4CC[C@H](N5CCOCC5)CC4)c3c2)c1. The Bertz CT molecular complexity index is 1040. The lowest BCUT2D eigenvalue weighted by Crippen LogP contribution is -2.46. The summed E-state index contributed by atoms with van der Waals surface area (Å²) in [4.78, 5) is 11.4. The second kappa shape index (κ2) is 8.85. The van der Waals surface area contributed by atoms with Gasteiger partial charge in [-0.1, -0.05) is 6.07 Å². The van der Waals surface area contributed by atoms with Crippen LogP contribution in [0.2, 0.25) is 0 Å². The Hall–Kier alpha value is -2.64. The summed E-state index contributed by atoms with van der Waals surface area (Å²) in [5, 5.41) is 4.47. The molecule has 0 radical (unpaired) electrons. The molecule has 7 heteroatoms. The highest BCUT2D eigenvalue weighted by molar-refractivity contribution is 5.92. The van der Waals surface area contributed by atoms with Crippen molar-refractivity contribution in [2.45, 2.75) is 37.8 Å². The summed E-state index contributed by atoms with van der Waals surface area (Å²) >= 11 is 0. The first-order valence-electron chi connectivity index (χ1n) is 11.0. The second-order valence-corrected chi connectivity index (χ2v) is 8.41. The first kappa shape index (κ1) is 20.3. The van der Waals surface area contributed by atoms with Gasteiger partial charge in [-0.05, 0) is 61.1 Å². The van der Waals surface area contributed by atoms with Gasteiger partial charge in [-0.15, -0.1) is 0 Å². The van der Waals surface area contributed by atoms with E-state index < -0.39 is 11.6 Å². The number of nitrogens with one attached hydrogen (secondary N) is 1. The maximum atomic E-state index is 13.7. The summed E-state index contributed by atoms with van der Waals surface area (Å²) in [5.74, 6) is -0.400. The van der Waals surface area contributed by atoms with Gasteiger partial charge in [-0.3, -0.25) is 4.90 Å². The van der Waals surface area contributed by atoms with Gasteiger partial charge in [-0.25, -0.2) is 18.7 Å². The average Bonchev–Trinajstić information content (AvgIpc) is 2.79. The number of anilines is 1. The normalized spacial score (nSPS) is 22.5. The smallest absolute Gasteiger partial charge is 0.137 e. The van der Waals surface area contributed by atoms with E-state index in [1.165, 1.54) is 12.1 Å². The number of hydrogen-bond acceptors (Lipinski definition) is 5. The summed E-state index contributed by atoms with van der Waals surface area (Å²) in [6.07, 6.45) is 6.05. The molecule has 2 fully saturated rings. The lowest BCUT2D eigenvalue weighted by molar-refractivity contribution is 0.00791. The molecule has 0 amide bonds. The summed E-state index contributed by atoms with van der Waals surface area (Å²) in [5.41, 5.74) is 2.04. The maximum Gasteiger partial charge on any atom is 0.137 e. The molecule has 5 nitrogen and oxygen atoms in total. The Morgan fingerprint density at radius 2 is 1.61 bits per heavy atom. The second-order valence-electron chi connectivity index (χ2n) is 8.41. The van der Waals surface area contributed by atoms with E-state index in [0.29, 0.717) is 17.6 Å². The molecule has 1 aliphatic heterocycles. The molecule has 0 atom stereocenters. The molecule has 3 aromatic rings. The zero-order valence-electron chi connectivity index (χ0n) is 17.4. The Morgan fingerprint density at radius 1 is 0.871 bits per heavy atom. The van der Waals surface area contributed by atoms with E-state index in [1.54, 1.807) is 6.33 Å². The highest BCUT2D eigenvalue weighted by atomic mass is 19.1. The molecule has 1 aromatic heterocycles. The van der Waals surface area contributed by atoms with Crippen LogP contribution in [0.4, 0.5) is 14.6 Å². The third-order valence-corrected chi connectivity index (χ3v) is 6.43. The monoisotopic (exact) mass is 424 g/mol. The minimum absolute atomic E-state index is 0.352. The Kier molecular flexibility index (Phi) is 5.78. The van der Waals surface area contributed by atoms with Crippen molar-refractivity contribution in [3.8, 4) is 11.1 Å². The van der Waals surface area contributed by atoms with Crippen molar-refractivity contribution < 1.29 is 13.5 Å². The number of ether oxygens (including phenoxy) is 1. The van der Waals surface area contributed by atoms with Crippen molar-refractivity contribution in [3.63, 3.8) is 0 Å². The van der Waals surface area contributed by atoms with E-state index in [1.807, 2.05) is 18.2 Å². The van der Waals surface area contributed by atoms with Crippen LogP contribution >= 0.6 is 0 Å². The fourth-order valence-corrected chi connectivity index (χ4v) is 4.79. The average molecular weight is 424 g/mol. The van der Waals surface area contributed by atoms with Crippen molar-refractivity contribution in [2.75, 3.05) is 31.6 Å². The first-order valence-corrected chi connectivity index (χ1v) is 11.0. The van der Waals surface area contributed by atoms with Crippen LogP contribution in [-0.4, -0.2) is 53.3 Å². The van der Waals surface area contributed by atoms with Gasteiger partial charge in [0.15, 0.2) is 0 Å². The number of nitrogens with zero attached hydrogens (tertiary/aromatic N) is 3. The van der Waals surface area contributed by atoms with Crippen LogP contribution in [0.1, 0.15) is 25.7 Å². The molecule has 0 unspecified atom stereocenters. The molecule has 1 N–H and O–H groups in total. The van der Waals surface area contributed by atoms with Crippen molar-refractivity contribution >= 4 is 16.7 Å². The van der Waals surface area contributed by atoms with Crippen LogP contribution in [0, 0.1) is 11.6 Å². The minimum Gasteiger partial charge on any atom is -0.379 e. The zero-order valence-corrected chi connectivity index (χ0v) is 17.4. The van der Waals surface area contributed by atoms with Gasteiger partial charge < -0.3 is 10.1 Å². The number of aromatic nitrogens is 2. The Balaban J connectivity index is 1.34. The molecule has 1 saturated heterocycles. The van der Waals surface area contributed by atoms with Gasteiger partial charge in [0, 0.05) is 36.6 Å². The molecule has 0 spiro atoms. The third kappa shape index (κ3) is 4.52. The van der Waals surface area contributed by atoms with Crippen LogP contribution in [0.15, 0.2) is 42.7 Å². The van der Waals surface area contributed by atoms with Crippen LogP contribution < -0.4 is 5.32 Å². The minimum atomic E-state index is -0.588. The van der Waals surface area contributed by atoms with E-state index >= 15 is 0 Å². The summed E-state index contributed by atoms with van der Waals surface area (Å²) in [7, 11) is 0. The number of rotatable bonds is 4. The highest BCUT2D eigenvalue weighted by Gasteiger charge is 2.27. The molecule has 162 valence electrons. The van der Waals surface area contributed by atoms with Crippen LogP contribution in [0.5, 0.6) is 0 Å². The lowest BCUT2D eigenvalue weighted by atomic mass is 9.90. The van der Waals surface area contributed by atoms with Gasteiger partial charge in [-0.2, -0.15) is 0 Å². The summed E-state index contributed by atoms with van der Waals surface area (Å²) in [6.45, 7) is 3.73. The predicted molar refractivity (Wildman–Crippen MR) is 117 cm³/mol. The van der Waals surface area contributed by atoms with Gasteiger partial charge in [0.2, 0.25) is 0 Å². The molecule has 1 aliphatic carbocycles. The largest absolute Gasteiger partial charge is 0.379 e. The van der Waals surface area contributed by atoms with E-state index in [-0.39, 0.29) is 0 Å². The summed E-state index contributed by atoms with van der Waals surface area (Å²) < 4.78 is 32.9. The number of morpholine rings is 1. The number of fused-ring (bicyclic) bond motifs is 1. The molecule has 1 saturated carbocycles. The molecule has 5 rings (SSSR count). The van der Waals surface area contributed by atoms with Gasteiger partial charge in [0.05, 0.1) is 18.7 Å². The van der Waals surface area contributed by atoms with Crippen LogP contribution in [0.25, 0.3) is 22.0 Å². The fraction of sp³-hybridized carbons (Fsp3) is 0.417. The van der Waals surface area contributed by atoms with E-state index in [4.69, 9.17) is 4.74 Å². The quantitative estimate of drug-likeness (QED) is 0.662. The zero-order chi connectivity index (χ0) is 21.2. The molecular formula is C24H26F2N4O. The fourth-order valence-electron chi connectivity index (χ4n) is 4.79. The third-order valence-electron chi connectivity index (χ3n) is 6.43. The van der Waals surface area contributed by atoms with Crippen molar-refractivity contribution in [3.05, 3.63) is 54.4 Å². The molecule has 2 aromatic carbocycles. The number of hydrogen-bond donors (Lipinski definition) is 1. The highest BCUT2D eigenvalue weighted by Crippen LogP contribution is 2.31. The van der Waals surface area contributed by atoms with Gasteiger partial charge in [0.25, 0.3) is 0 Å². The van der Waals surface area contributed by atoms with Crippen molar-refractivity contribution in [1.29, 1.82) is 0 Å². The van der Waals surface area contributed by atoms with Crippen LogP contribution in [0.3, 0.4) is 0 Å². The Morgan fingerprint density at radius 3 is 2.35 bits per heavy atom. The van der Waals surface area contributed by atoms with Gasteiger partial charge in [0.1, 0.15) is 23.8 Å². The van der Waals surface area contributed by atoms with E-state index in [0.717, 1.165) is 80.3 Å². The van der Waals surface area contributed by atoms with E-state index in [9.17, 15) is 8.78 Å². The summed E-state index contributed by atoms with van der Waals surface area (Å²) in [6, 6.07) is 10.2. The molecular weight excluding hydrogens is 398 g/mol. The Labute approximate surface area is 180 Å².